The van der Waals surface area contributed by atoms with E-state index in [2.05, 4.69) is 13.0 Å². The second kappa shape index (κ2) is 8.37. The van der Waals surface area contributed by atoms with Gasteiger partial charge in [-0.25, -0.2) is 0 Å². The summed E-state index contributed by atoms with van der Waals surface area (Å²) in [6, 6.07) is 7.19. The maximum Gasteiger partial charge on any atom is 0.124 e. The van der Waals surface area contributed by atoms with Crippen molar-refractivity contribution in [3.05, 3.63) is 23.8 Å². The smallest absolute Gasteiger partial charge is 0.124 e. The van der Waals surface area contributed by atoms with Crippen LogP contribution < -0.4 is 9.47 Å². The van der Waals surface area contributed by atoms with Crippen LogP contribution in [0, 0.1) is 11.3 Å². The number of methoxy groups -OCH3 is 1. The first-order valence-corrected chi connectivity index (χ1v) is 6.10. The fourth-order valence-electron chi connectivity index (χ4n) is 1.40. The minimum Gasteiger partial charge on any atom is -0.497 e. The highest BCUT2D eigenvalue weighted by Gasteiger charge is 2.02. The van der Waals surface area contributed by atoms with Crippen molar-refractivity contribution < 1.29 is 14.2 Å². The zero-order valence-corrected chi connectivity index (χ0v) is 10.9. The van der Waals surface area contributed by atoms with Gasteiger partial charge in [-0.3, -0.25) is 0 Å². The van der Waals surface area contributed by atoms with Gasteiger partial charge in [-0.15, -0.1) is 0 Å². The van der Waals surface area contributed by atoms with Crippen LogP contribution in [0.1, 0.15) is 25.3 Å². The molecule has 4 nitrogen and oxygen atoms in total. The van der Waals surface area contributed by atoms with Crippen LogP contribution in [0.15, 0.2) is 18.2 Å². The Balaban J connectivity index is 2.39. The van der Waals surface area contributed by atoms with Crippen LogP contribution in [0.2, 0.25) is 0 Å². The SMILES string of the molecule is CCCCOCCOc1cc(C#N)cc(OC)c1. The van der Waals surface area contributed by atoms with Crippen molar-refractivity contribution in [1.29, 1.82) is 5.26 Å². The average molecular weight is 249 g/mol. The molecule has 0 radical (unpaired) electrons. The van der Waals surface area contributed by atoms with Crippen LogP contribution in [-0.2, 0) is 4.74 Å². The summed E-state index contributed by atoms with van der Waals surface area (Å²) >= 11 is 0. The summed E-state index contributed by atoms with van der Waals surface area (Å²) in [6.45, 7) is 3.92. The van der Waals surface area contributed by atoms with Gasteiger partial charge in [0.25, 0.3) is 0 Å². The monoisotopic (exact) mass is 249 g/mol. The zero-order chi connectivity index (χ0) is 13.2. The average Bonchev–Trinajstić information content (AvgIpc) is 2.42. The molecule has 0 aliphatic carbocycles. The molecule has 4 heteroatoms. The van der Waals surface area contributed by atoms with Crippen LogP contribution in [0.4, 0.5) is 0 Å². The Hall–Kier alpha value is -1.73. The lowest BCUT2D eigenvalue weighted by molar-refractivity contribution is 0.0980. The first kappa shape index (κ1) is 14.3. The Morgan fingerprint density at radius 3 is 2.56 bits per heavy atom. The van der Waals surface area contributed by atoms with E-state index in [1.54, 1.807) is 25.3 Å². The molecule has 0 aromatic heterocycles. The van der Waals surface area contributed by atoms with Gasteiger partial charge in [0, 0.05) is 12.7 Å². The molecule has 1 aromatic carbocycles. The molecule has 0 aliphatic rings. The van der Waals surface area contributed by atoms with E-state index >= 15 is 0 Å². The van der Waals surface area contributed by atoms with Crippen molar-refractivity contribution >= 4 is 0 Å². The zero-order valence-electron chi connectivity index (χ0n) is 10.9. The Bertz CT molecular complexity index is 399. The molecule has 1 rings (SSSR count). The van der Waals surface area contributed by atoms with E-state index in [1.807, 2.05) is 0 Å². The number of hydrogen-bond acceptors (Lipinski definition) is 4. The van der Waals surface area contributed by atoms with Crippen LogP contribution in [-0.4, -0.2) is 26.9 Å². The second-order valence-electron chi connectivity index (χ2n) is 3.82. The third-order valence-corrected chi connectivity index (χ3v) is 2.38. The molecule has 0 aliphatic heterocycles. The molecule has 0 heterocycles. The molecule has 0 fully saturated rings. The predicted octanol–water partition coefficient (Wildman–Crippen LogP) is 2.76. The minimum absolute atomic E-state index is 0.474. The topological polar surface area (TPSA) is 51.5 Å². The number of ether oxygens (including phenoxy) is 3. The number of rotatable bonds is 8. The van der Waals surface area contributed by atoms with Crippen LogP contribution in [0.3, 0.4) is 0 Å². The van der Waals surface area contributed by atoms with E-state index in [0.717, 1.165) is 19.4 Å². The molecule has 0 atom stereocenters. The summed E-state index contributed by atoms with van der Waals surface area (Å²) in [6.07, 6.45) is 2.19. The van der Waals surface area contributed by atoms with E-state index in [4.69, 9.17) is 19.5 Å². The maximum absolute atomic E-state index is 8.86. The van der Waals surface area contributed by atoms with Gasteiger partial charge in [0.15, 0.2) is 0 Å². The molecule has 0 amide bonds. The van der Waals surface area contributed by atoms with Gasteiger partial charge in [-0.1, -0.05) is 13.3 Å². The third-order valence-electron chi connectivity index (χ3n) is 2.38. The number of hydrogen-bond donors (Lipinski definition) is 0. The maximum atomic E-state index is 8.86. The molecule has 0 saturated carbocycles. The van der Waals surface area contributed by atoms with Crippen LogP contribution in [0.25, 0.3) is 0 Å². The van der Waals surface area contributed by atoms with E-state index in [-0.39, 0.29) is 0 Å². The standard InChI is InChI=1S/C14H19NO3/c1-3-4-5-17-6-7-18-14-9-12(11-15)8-13(10-14)16-2/h8-10H,3-7H2,1-2H3. The predicted molar refractivity (Wildman–Crippen MR) is 68.9 cm³/mol. The minimum atomic E-state index is 0.474. The molecule has 98 valence electrons. The van der Waals surface area contributed by atoms with Crippen LogP contribution in [0.5, 0.6) is 11.5 Å². The molecule has 0 unspecified atom stereocenters. The Labute approximate surface area is 108 Å². The summed E-state index contributed by atoms with van der Waals surface area (Å²) in [7, 11) is 1.56. The third kappa shape index (κ3) is 5.07. The summed E-state index contributed by atoms with van der Waals surface area (Å²) in [4.78, 5) is 0. The van der Waals surface area contributed by atoms with Crippen molar-refractivity contribution in [2.75, 3.05) is 26.9 Å². The summed E-state index contributed by atoms with van der Waals surface area (Å²) in [5, 5.41) is 8.86. The largest absolute Gasteiger partial charge is 0.497 e. The van der Waals surface area contributed by atoms with E-state index in [9.17, 15) is 0 Å². The number of nitrogens with zero attached hydrogens (tertiary/aromatic N) is 1. The molecular weight excluding hydrogens is 230 g/mol. The van der Waals surface area contributed by atoms with E-state index in [1.165, 1.54) is 0 Å². The summed E-state index contributed by atoms with van der Waals surface area (Å²) in [5.74, 6) is 1.25. The first-order valence-electron chi connectivity index (χ1n) is 6.10. The normalized spacial score (nSPS) is 9.83. The van der Waals surface area contributed by atoms with Crippen molar-refractivity contribution in [1.82, 2.24) is 0 Å². The highest BCUT2D eigenvalue weighted by atomic mass is 16.5. The fourth-order valence-corrected chi connectivity index (χ4v) is 1.40. The van der Waals surface area contributed by atoms with Gasteiger partial charge in [0.2, 0.25) is 0 Å². The van der Waals surface area contributed by atoms with Crippen LogP contribution >= 0.6 is 0 Å². The number of benzene rings is 1. The van der Waals surface area contributed by atoms with E-state index < -0.39 is 0 Å². The quantitative estimate of drug-likeness (QED) is 0.665. The van der Waals surface area contributed by atoms with Gasteiger partial charge in [0.1, 0.15) is 18.1 Å². The van der Waals surface area contributed by atoms with Gasteiger partial charge in [-0.05, 0) is 18.6 Å². The Morgan fingerprint density at radius 2 is 1.89 bits per heavy atom. The molecular formula is C14H19NO3. The highest BCUT2D eigenvalue weighted by Crippen LogP contribution is 2.22. The van der Waals surface area contributed by atoms with E-state index in [0.29, 0.717) is 30.3 Å². The van der Waals surface area contributed by atoms with Gasteiger partial charge in [0.05, 0.1) is 25.3 Å². The lowest BCUT2D eigenvalue weighted by Crippen LogP contribution is -2.07. The molecule has 0 spiro atoms. The highest BCUT2D eigenvalue weighted by molar-refractivity contribution is 5.43. The van der Waals surface area contributed by atoms with Gasteiger partial charge in [-0.2, -0.15) is 5.26 Å². The van der Waals surface area contributed by atoms with Crippen molar-refractivity contribution in [3.63, 3.8) is 0 Å². The van der Waals surface area contributed by atoms with Crippen molar-refractivity contribution in [2.45, 2.75) is 19.8 Å². The molecule has 0 bridgehead atoms. The molecule has 0 saturated heterocycles. The van der Waals surface area contributed by atoms with Crippen molar-refractivity contribution in [3.8, 4) is 17.6 Å². The summed E-state index contributed by atoms with van der Waals surface area (Å²) < 4.78 is 16.0. The lowest BCUT2D eigenvalue weighted by atomic mass is 10.2. The summed E-state index contributed by atoms with van der Waals surface area (Å²) in [5.41, 5.74) is 0.524. The second-order valence-corrected chi connectivity index (χ2v) is 3.82. The molecule has 0 N–H and O–H groups in total. The molecule has 18 heavy (non-hydrogen) atoms. The first-order chi connectivity index (χ1) is 8.80. The molecule has 1 aromatic rings. The van der Waals surface area contributed by atoms with Crippen molar-refractivity contribution in [2.24, 2.45) is 0 Å². The number of nitriles is 1. The Kier molecular flexibility index (Phi) is 6.67. The van der Waals surface area contributed by atoms with Gasteiger partial charge < -0.3 is 14.2 Å². The number of unbranched alkanes of at least 4 members (excludes halogenated alkanes) is 1. The lowest BCUT2D eigenvalue weighted by Gasteiger charge is -2.09. The fraction of sp³-hybridized carbons (Fsp3) is 0.500. The Morgan fingerprint density at radius 1 is 1.11 bits per heavy atom. The van der Waals surface area contributed by atoms with Gasteiger partial charge >= 0.3 is 0 Å².